The van der Waals surface area contributed by atoms with E-state index in [1.165, 1.54) is 24.3 Å². The largest absolute Gasteiger partial charge is 0.508 e. The van der Waals surface area contributed by atoms with Gasteiger partial charge in [0.2, 0.25) is 0 Å². The minimum absolute atomic E-state index is 0.0296. The second-order valence-electron chi connectivity index (χ2n) is 6.43. The summed E-state index contributed by atoms with van der Waals surface area (Å²) in [5.41, 5.74) is -0.0957. The molecule has 160 valence electrons. The van der Waals surface area contributed by atoms with Crippen LogP contribution in [0.1, 0.15) is 11.7 Å². The molecule has 3 unspecified atom stereocenters. The van der Waals surface area contributed by atoms with Gasteiger partial charge in [-0.25, -0.2) is 9.59 Å². The number of hydrogen-bond donors (Lipinski definition) is 6. The molecule has 6 N–H and O–H groups in total. The van der Waals surface area contributed by atoms with Crippen molar-refractivity contribution < 1.29 is 39.9 Å². The van der Waals surface area contributed by atoms with Crippen LogP contribution in [-0.2, 0) is 9.59 Å². The summed E-state index contributed by atoms with van der Waals surface area (Å²) in [4.78, 5) is 22.6. The maximum atomic E-state index is 11.6. The number of nitrogens with one attached hydrogen (secondary N) is 1. The number of para-hydroxylation sites is 1. The molecular formula is C21H23NO8. The number of carboxylic acid groups (broad SMARTS) is 2. The molecular weight excluding hydrogens is 394 g/mol. The first-order valence-corrected chi connectivity index (χ1v) is 9.02. The molecule has 9 nitrogen and oxygen atoms in total. The Morgan fingerprint density at radius 3 is 2.20 bits per heavy atom. The van der Waals surface area contributed by atoms with Crippen LogP contribution in [0.2, 0.25) is 0 Å². The van der Waals surface area contributed by atoms with Crippen LogP contribution in [0.5, 0.6) is 11.5 Å². The van der Waals surface area contributed by atoms with E-state index in [9.17, 15) is 30.0 Å². The van der Waals surface area contributed by atoms with Crippen molar-refractivity contribution in [2.45, 2.75) is 12.3 Å². The van der Waals surface area contributed by atoms with Gasteiger partial charge in [-0.3, -0.25) is 5.32 Å². The van der Waals surface area contributed by atoms with Gasteiger partial charge < -0.3 is 30.3 Å². The van der Waals surface area contributed by atoms with Crippen molar-refractivity contribution in [3.05, 3.63) is 71.8 Å². The Hall–Kier alpha value is -3.40. The molecule has 0 bridgehead atoms. The fourth-order valence-corrected chi connectivity index (χ4v) is 2.70. The van der Waals surface area contributed by atoms with Crippen LogP contribution in [-0.4, -0.2) is 56.9 Å². The van der Waals surface area contributed by atoms with Crippen molar-refractivity contribution in [3.63, 3.8) is 0 Å². The monoisotopic (exact) mass is 417 g/mol. The molecule has 0 radical (unpaired) electrons. The quantitative estimate of drug-likeness (QED) is 0.233. The zero-order valence-corrected chi connectivity index (χ0v) is 15.9. The number of carboxylic acids is 2. The number of aliphatic hydroxyl groups excluding tert-OH is 2. The lowest BCUT2D eigenvalue weighted by atomic mass is 9.97. The van der Waals surface area contributed by atoms with Gasteiger partial charge in [0.15, 0.2) is 0 Å². The number of phenolic OH excluding ortho intramolecular Hbond substituents is 1. The van der Waals surface area contributed by atoms with Gasteiger partial charge in [0.1, 0.15) is 17.7 Å². The summed E-state index contributed by atoms with van der Waals surface area (Å²) in [5, 5.41) is 51.1. The van der Waals surface area contributed by atoms with Gasteiger partial charge in [-0.1, -0.05) is 30.3 Å². The Labute approximate surface area is 172 Å². The number of carbonyl (C=O) groups is 2. The predicted octanol–water partition coefficient (Wildman–Crippen LogP) is 1.12. The molecule has 3 atom stereocenters. The zero-order valence-electron chi connectivity index (χ0n) is 15.9. The first kappa shape index (κ1) is 22.9. The normalized spacial score (nSPS) is 14.5. The lowest BCUT2D eigenvalue weighted by Gasteiger charge is -2.25. The molecule has 0 aliphatic rings. The molecule has 9 heteroatoms. The fourth-order valence-electron chi connectivity index (χ4n) is 2.70. The first-order chi connectivity index (χ1) is 14.3. The van der Waals surface area contributed by atoms with Crippen LogP contribution in [0.25, 0.3) is 0 Å². The van der Waals surface area contributed by atoms with E-state index >= 15 is 0 Å². The third-order valence-electron chi connectivity index (χ3n) is 4.28. The van der Waals surface area contributed by atoms with Crippen molar-refractivity contribution in [2.75, 3.05) is 13.2 Å². The lowest BCUT2D eigenvalue weighted by Crippen LogP contribution is -2.43. The number of aliphatic hydroxyl groups is 2. The number of aliphatic carboxylic acids is 2. The number of phenols is 1. The van der Waals surface area contributed by atoms with E-state index in [1.54, 1.807) is 30.3 Å². The highest BCUT2D eigenvalue weighted by molar-refractivity contribution is 5.95. The van der Waals surface area contributed by atoms with Crippen LogP contribution in [0, 0.1) is 5.92 Å². The van der Waals surface area contributed by atoms with Crippen molar-refractivity contribution in [1.29, 1.82) is 0 Å². The van der Waals surface area contributed by atoms with E-state index in [1.807, 2.05) is 0 Å². The summed E-state index contributed by atoms with van der Waals surface area (Å²) >= 11 is 0. The SMILES string of the molecule is O=C(O)/C=C(\C(=O)O)C(COc1ccccc1)C(O)NCC(O)c1ccc(O)cc1. The van der Waals surface area contributed by atoms with E-state index in [0.29, 0.717) is 17.4 Å². The average molecular weight is 417 g/mol. The third kappa shape index (κ3) is 6.89. The Balaban J connectivity index is 2.13. The molecule has 0 aromatic heterocycles. The van der Waals surface area contributed by atoms with E-state index in [0.717, 1.165) is 0 Å². The maximum Gasteiger partial charge on any atom is 0.332 e. The number of hydrogen-bond acceptors (Lipinski definition) is 7. The zero-order chi connectivity index (χ0) is 22.1. The molecule has 0 saturated carbocycles. The molecule has 0 aliphatic heterocycles. The average Bonchev–Trinajstić information content (AvgIpc) is 2.72. The van der Waals surface area contributed by atoms with Crippen molar-refractivity contribution in [3.8, 4) is 11.5 Å². The smallest absolute Gasteiger partial charge is 0.332 e. The van der Waals surface area contributed by atoms with E-state index in [2.05, 4.69) is 5.32 Å². The van der Waals surface area contributed by atoms with E-state index in [4.69, 9.17) is 9.84 Å². The van der Waals surface area contributed by atoms with Crippen LogP contribution >= 0.6 is 0 Å². The highest BCUT2D eigenvalue weighted by atomic mass is 16.5. The molecule has 0 aliphatic carbocycles. The molecule has 2 rings (SSSR count). The van der Waals surface area contributed by atoms with Crippen LogP contribution in [0.15, 0.2) is 66.2 Å². The molecule has 0 fully saturated rings. The standard InChI is InChI=1S/C21H23NO8/c23-14-8-6-13(7-9-14)18(24)11-22-20(27)17(16(21(28)29)10-19(25)26)12-30-15-4-2-1-3-5-15/h1-10,17-18,20,22-24,27H,11-12H2,(H,25,26)(H,28,29)/b16-10-. The highest BCUT2D eigenvalue weighted by Gasteiger charge is 2.30. The van der Waals surface area contributed by atoms with Gasteiger partial charge in [0.05, 0.1) is 24.2 Å². The highest BCUT2D eigenvalue weighted by Crippen LogP contribution is 2.20. The number of rotatable bonds is 11. The number of benzene rings is 2. The molecule has 2 aromatic carbocycles. The molecule has 0 saturated heterocycles. The minimum Gasteiger partial charge on any atom is -0.508 e. The van der Waals surface area contributed by atoms with Gasteiger partial charge in [-0.2, -0.15) is 0 Å². The molecule has 0 heterocycles. The summed E-state index contributed by atoms with van der Waals surface area (Å²) < 4.78 is 5.52. The maximum absolute atomic E-state index is 11.6. The summed E-state index contributed by atoms with van der Waals surface area (Å²) in [6.45, 7) is -0.480. The Bertz CT molecular complexity index is 866. The summed E-state index contributed by atoms with van der Waals surface area (Å²) in [5.74, 6) is -3.79. The predicted molar refractivity (Wildman–Crippen MR) is 106 cm³/mol. The van der Waals surface area contributed by atoms with Crippen molar-refractivity contribution >= 4 is 11.9 Å². The second-order valence-corrected chi connectivity index (χ2v) is 6.43. The van der Waals surface area contributed by atoms with Crippen LogP contribution < -0.4 is 10.1 Å². The molecule has 2 aromatic rings. The molecule has 0 spiro atoms. The van der Waals surface area contributed by atoms with Gasteiger partial charge in [0, 0.05) is 12.6 Å². The second kappa shape index (κ2) is 11.0. The van der Waals surface area contributed by atoms with Gasteiger partial charge in [-0.05, 0) is 29.8 Å². The molecule has 30 heavy (non-hydrogen) atoms. The lowest BCUT2D eigenvalue weighted by molar-refractivity contribution is -0.136. The Kier molecular flexibility index (Phi) is 8.36. The minimum atomic E-state index is -1.53. The number of ether oxygens (including phenoxy) is 1. The molecule has 0 amide bonds. The Morgan fingerprint density at radius 2 is 1.63 bits per heavy atom. The summed E-state index contributed by atoms with van der Waals surface area (Å²) in [6.07, 6.45) is -2.09. The summed E-state index contributed by atoms with van der Waals surface area (Å²) in [7, 11) is 0. The van der Waals surface area contributed by atoms with Crippen molar-refractivity contribution in [1.82, 2.24) is 5.32 Å². The topological polar surface area (TPSA) is 157 Å². The van der Waals surface area contributed by atoms with E-state index < -0.39 is 35.8 Å². The van der Waals surface area contributed by atoms with Crippen LogP contribution in [0.4, 0.5) is 0 Å². The summed E-state index contributed by atoms with van der Waals surface area (Å²) in [6, 6.07) is 14.2. The van der Waals surface area contributed by atoms with E-state index in [-0.39, 0.29) is 18.9 Å². The fraction of sp³-hybridized carbons (Fsp3) is 0.238. The van der Waals surface area contributed by atoms with Gasteiger partial charge in [-0.15, -0.1) is 0 Å². The first-order valence-electron chi connectivity index (χ1n) is 9.02. The van der Waals surface area contributed by atoms with Gasteiger partial charge >= 0.3 is 11.9 Å². The third-order valence-corrected chi connectivity index (χ3v) is 4.28. The Morgan fingerprint density at radius 1 is 1.00 bits per heavy atom. The van der Waals surface area contributed by atoms with Crippen LogP contribution in [0.3, 0.4) is 0 Å². The van der Waals surface area contributed by atoms with Gasteiger partial charge in [0.25, 0.3) is 0 Å². The number of aromatic hydroxyl groups is 1. The van der Waals surface area contributed by atoms with Crippen molar-refractivity contribution in [2.24, 2.45) is 5.92 Å².